The molecule has 0 radical (unpaired) electrons. The lowest BCUT2D eigenvalue weighted by Gasteiger charge is -2.46. The number of ketones is 1. The van der Waals surface area contributed by atoms with E-state index in [9.17, 15) is 110 Å². The zero-order chi connectivity index (χ0) is 57.4. The molecule has 406 valence electrons. The fraction of sp³-hybridized carbons (Fsp3) is 0.217. The number of rotatable bonds is 9. The second-order valence-electron chi connectivity index (χ2n) is 16.3. The summed E-state index contributed by atoms with van der Waals surface area (Å²) in [4.78, 5) is 14.2. The van der Waals surface area contributed by atoms with E-state index in [4.69, 9.17) is 5.53 Å². The molecule has 0 aliphatic heterocycles. The number of nitrogens with zero attached hydrogens (tertiary/aromatic N) is 4. The predicted molar refractivity (Wildman–Crippen MR) is 221 cm³/mol. The van der Waals surface area contributed by atoms with Crippen molar-refractivity contribution in [1.82, 2.24) is 0 Å². The summed E-state index contributed by atoms with van der Waals surface area (Å²) in [5.41, 5.74) is -20.3. The number of benzene rings is 5. The van der Waals surface area contributed by atoms with Crippen LogP contribution >= 0.6 is 0 Å². The standard InChI is InChI=1S/C32H12BF24.C14H13N4O/c34-25(35,36)13-1-14(26(37,38)39)6-21(5-13)33(22-7-15(27(40,41)42)2-16(8-22)28(43,44)45,23-9-17(29(46,47)48)3-18(10-23)30(49,50)51)24-11-19(31(52,53)54)4-20(12-24)32(55,56)57;15-17-16-10-14(19)13-6-8-18(9-7-13)11-12-4-2-1-3-5-12/h1-12H;1-9H,10-11H2/q-1;+1. The molecule has 0 atom stereocenters. The molecule has 0 amide bonds. The van der Waals surface area contributed by atoms with Crippen molar-refractivity contribution in [2.75, 3.05) is 6.54 Å². The molecule has 0 fully saturated rings. The molecule has 0 unspecified atom stereocenters. The maximum Gasteiger partial charge on any atom is 0.416 e. The van der Waals surface area contributed by atoms with Crippen LogP contribution in [0.1, 0.15) is 60.4 Å². The van der Waals surface area contributed by atoms with Crippen molar-refractivity contribution in [1.29, 1.82) is 0 Å². The molecule has 6 aromatic rings. The number of hydrogen-bond acceptors (Lipinski definition) is 2. The van der Waals surface area contributed by atoms with Gasteiger partial charge in [-0.05, 0) is 29.8 Å². The van der Waals surface area contributed by atoms with Gasteiger partial charge < -0.3 is 0 Å². The Morgan fingerprint density at radius 1 is 0.408 bits per heavy atom. The maximum absolute atomic E-state index is 14.2. The average Bonchev–Trinajstić information content (AvgIpc) is 3.29. The number of azide groups is 1. The quantitative estimate of drug-likeness (QED) is 0.0270. The molecule has 1 heterocycles. The lowest BCUT2D eigenvalue weighted by atomic mass is 9.12. The topological polar surface area (TPSA) is 69.7 Å². The smallest absolute Gasteiger partial charge is 0.294 e. The van der Waals surface area contributed by atoms with Gasteiger partial charge in [0, 0.05) is 28.2 Å². The van der Waals surface area contributed by atoms with E-state index in [1.54, 1.807) is 12.1 Å². The molecule has 0 saturated carbocycles. The monoisotopic (exact) mass is 1120 g/mol. The van der Waals surface area contributed by atoms with Crippen LogP contribution in [0.2, 0.25) is 0 Å². The van der Waals surface area contributed by atoms with E-state index in [1.165, 1.54) is 5.56 Å². The van der Waals surface area contributed by atoms with Gasteiger partial charge in [0.1, 0.15) is 6.15 Å². The number of halogens is 24. The van der Waals surface area contributed by atoms with Crippen LogP contribution in [0.5, 0.6) is 0 Å². The first-order chi connectivity index (χ1) is 34.6. The van der Waals surface area contributed by atoms with Crippen LogP contribution in [0.4, 0.5) is 105 Å². The summed E-state index contributed by atoms with van der Waals surface area (Å²) in [6, 6.07) is 4.72. The third kappa shape index (κ3) is 14.1. The van der Waals surface area contributed by atoms with Crippen molar-refractivity contribution in [2.45, 2.75) is 56.0 Å². The van der Waals surface area contributed by atoms with Gasteiger partial charge >= 0.3 is 49.4 Å². The molecular weight excluding hydrogens is 1090 g/mol. The molecule has 0 aliphatic rings. The maximum atomic E-state index is 14.2. The van der Waals surface area contributed by atoms with Gasteiger partial charge in [0.2, 0.25) is 0 Å². The van der Waals surface area contributed by atoms with Crippen molar-refractivity contribution in [3.8, 4) is 0 Å². The Morgan fingerprint density at radius 2 is 0.658 bits per heavy atom. The van der Waals surface area contributed by atoms with Gasteiger partial charge in [0.25, 0.3) is 0 Å². The van der Waals surface area contributed by atoms with Gasteiger partial charge in [-0.25, -0.2) is 4.57 Å². The third-order valence-corrected chi connectivity index (χ3v) is 11.1. The molecule has 0 spiro atoms. The zero-order valence-electron chi connectivity index (χ0n) is 36.9. The van der Waals surface area contributed by atoms with Crippen molar-refractivity contribution >= 4 is 33.8 Å². The predicted octanol–water partition coefficient (Wildman–Crippen LogP) is 13.7. The zero-order valence-corrected chi connectivity index (χ0v) is 36.9. The Bertz CT molecular complexity index is 2670. The molecule has 30 heteroatoms. The van der Waals surface area contributed by atoms with E-state index in [-0.39, 0.29) is 12.3 Å². The first kappa shape index (κ1) is 59.5. The molecule has 5 aromatic carbocycles. The summed E-state index contributed by atoms with van der Waals surface area (Å²) < 4.78 is 343. The highest BCUT2D eigenvalue weighted by molar-refractivity contribution is 7.20. The molecule has 1 aromatic heterocycles. The van der Waals surface area contributed by atoms with Crippen LogP contribution < -0.4 is 26.4 Å². The molecule has 0 bridgehead atoms. The summed E-state index contributed by atoms with van der Waals surface area (Å²) in [5.74, 6) is -0.176. The highest BCUT2D eigenvalue weighted by atomic mass is 19.4. The molecule has 0 saturated heterocycles. The molecule has 0 N–H and O–H groups in total. The fourth-order valence-electron chi connectivity index (χ4n) is 7.80. The van der Waals surface area contributed by atoms with Gasteiger partial charge in [-0.1, -0.05) is 84.0 Å². The average molecular weight is 1120 g/mol. The first-order valence-corrected chi connectivity index (χ1v) is 20.5. The number of aromatic nitrogens is 1. The Morgan fingerprint density at radius 3 is 0.882 bits per heavy atom. The van der Waals surface area contributed by atoms with Crippen molar-refractivity contribution in [2.24, 2.45) is 5.11 Å². The minimum absolute atomic E-state index is 0.140. The number of carbonyl (C=O) groups is 1. The van der Waals surface area contributed by atoms with Crippen LogP contribution in [-0.2, 0) is 56.0 Å². The van der Waals surface area contributed by atoms with Gasteiger partial charge in [0.05, 0.1) is 51.1 Å². The highest BCUT2D eigenvalue weighted by Crippen LogP contribution is 2.41. The van der Waals surface area contributed by atoms with Crippen LogP contribution in [0.25, 0.3) is 10.4 Å². The fourth-order valence-corrected chi connectivity index (χ4v) is 7.80. The largest absolute Gasteiger partial charge is 0.416 e. The molecule has 76 heavy (non-hydrogen) atoms. The summed E-state index contributed by atoms with van der Waals surface area (Å²) in [6.45, 7) is 0.616. The second-order valence-corrected chi connectivity index (χ2v) is 16.3. The summed E-state index contributed by atoms with van der Waals surface area (Å²) in [6.07, 6.45) is -51.1. The Kier molecular flexibility index (Phi) is 16.4. The SMILES string of the molecule is FC(F)(F)c1cc([B-](c2cc(C(F)(F)F)cc(C(F)(F)F)c2)(c2cc(C(F)(F)F)cc(C(F)(F)F)c2)c2cc(C(F)(F)F)cc(C(F)(F)F)c2)cc(C(F)(F)F)c1.[N-]=[N+]=NCC(=O)c1cc[n+](Cc2ccccc2)cc1. The van der Waals surface area contributed by atoms with E-state index < -0.39 is 195 Å². The Labute approximate surface area is 409 Å². The van der Waals surface area contributed by atoms with Crippen molar-refractivity contribution in [3.63, 3.8) is 0 Å². The highest BCUT2D eigenvalue weighted by Gasteiger charge is 2.47. The van der Waals surface area contributed by atoms with E-state index in [0.717, 1.165) is 6.54 Å². The van der Waals surface area contributed by atoms with Gasteiger partial charge in [-0.3, -0.25) is 4.79 Å². The third-order valence-electron chi connectivity index (χ3n) is 11.1. The van der Waals surface area contributed by atoms with Crippen molar-refractivity contribution < 1.29 is 115 Å². The van der Waals surface area contributed by atoms with Gasteiger partial charge in [0.15, 0.2) is 24.7 Å². The second kappa shape index (κ2) is 21.0. The van der Waals surface area contributed by atoms with Crippen LogP contribution in [0, 0.1) is 0 Å². The Hall–Kier alpha value is -7.39. The number of carbonyl (C=O) groups excluding carboxylic acids is 1. The lowest BCUT2D eigenvalue weighted by Crippen LogP contribution is -2.75. The summed E-state index contributed by atoms with van der Waals surface area (Å²) >= 11 is 0. The molecule has 0 aliphatic carbocycles. The van der Waals surface area contributed by atoms with E-state index in [0.29, 0.717) is 5.56 Å². The number of pyridine rings is 1. The molecule has 5 nitrogen and oxygen atoms in total. The summed E-state index contributed by atoms with van der Waals surface area (Å²) in [5, 5.41) is 3.26. The lowest BCUT2D eigenvalue weighted by molar-refractivity contribution is -0.688. The van der Waals surface area contributed by atoms with Gasteiger partial charge in [-0.2, -0.15) is 127 Å². The minimum atomic E-state index is -6.13. The molecule has 6 rings (SSSR count). The summed E-state index contributed by atoms with van der Waals surface area (Å²) in [7, 11) is 0. The molecular formula is C46H25BF24N4O. The van der Waals surface area contributed by atoms with E-state index >= 15 is 0 Å². The number of alkyl halides is 24. The van der Waals surface area contributed by atoms with Crippen LogP contribution in [0.15, 0.2) is 133 Å². The van der Waals surface area contributed by atoms with Crippen molar-refractivity contribution in [3.05, 3.63) is 194 Å². The Balaban J connectivity index is 0.000000468. The number of hydrogen-bond donors (Lipinski definition) is 0. The number of Topliss-reactive ketones (excluding diaryl/α,β-unsaturated/α-hetero) is 1. The van der Waals surface area contributed by atoms with Crippen LogP contribution in [-0.4, -0.2) is 18.5 Å². The minimum Gasteiger partial charge on any atom is -0.294 e. The van der Waals surface area contributed by atoms with Gasteiger partial charge in [-0.15, -0.1) is 0 Å². The van der Waals surface area contributed by atoms with Crippen LogP contribution in [0.3, 0.4) is 0 Å². The van der Waals surface area contributed by atoms with E-state index in [1.807, 2.05) is 47.3 Å². The normalized spacial score (nSPS) is 13.2. The first-order valence-electron chi connectivity index (χ1n) is 20.5. The van der Waals surface area contributed by atoms with E-state index in [2.05, 4.69) is 10.0 Å².